The molecule has 280 valence electrons. The number of rotatable bonds is 9. The van der Waals surface area contributed by atoms with Crippen LogP contribution in [0.5, 0.6) is 0 Å². The molecule has 1 N–H and O–H groups in total. The van der Waals surface area contributed by atoms with Gasteiger partial charge in [0.25, 0.3) is 0 Å². The maximum atomic E-state index is 13.7. The van der Waals surface area contributed by atoms with Crippen molar-refractivity contribution in [1.82, 2.24) is 4.90 Å². The lowest BCUT2D eigenvalue weighted by Crippen LogP contribution is -2.72. The Morgan fingerprint density at radius 2 is 1.75 bits per heavy atom. The quantitative estimate of drug-likeness (QED) is 0.275. The molecule has 51 heavy (non-hydrogen) atoms. The summed E-state index contributed by atoms with van der Waals surface area (Å²) in [5.41, 5.74) is -5.08. The first kappa shape index (κ1) is 36.8. The van der Waals surface area contributed by atoms with Crippen LogP contribution in [0.3, 0.4) is 0 Å². The molecule has 2 spiro atoms. The van der Waals surface area contributed by atoms with Gasteiger partial charge >= 0.3 is 23.8 Å². The number of halogens is 3. The summed E-state index contributed by atoms with van der Waals surface area (Å²) in [5, 5.41) is 18.7. The highest BCUT2D eigenvalue weighted by atomic mass is 32.2. The number of likely N-dealkylation sites (tertiary alicyclic amines) is 1. The average Bonchev–Trinajstić information content (AvgIpc) is 3.87. The van der Waals surface area contributed by atoms with E-state index in [2.05, 4.69) is 36.0 Å². The molecule has 9 atom stereocenters. The first-order valence-electron chi connectivity index (χ1n) is 18.4. The van der Waals surface area contributed by atoms with Gasteiger partial charge in [-0.25, -0.2) is 4.79 Å². The summed E-state index contributed by atoms with van der Waals surface area (Å²) in [6.45, 7) is 10.2. The van der Waals surface area contributed by atoms with Crippen molar-refractivity contribution in [1.29, 1.82) is 0 Å². The van der Waals surface area contributed by atoms with Gasteiger partial charge in [-0.15, -0.1) is 22.0 Å². The van der Waals surface area contributed by atoms with Crippen molar-refractivity contribution in [2.24, 2.45) is 55.6 Å². The molecule has 2 bridgehead atoms. The number of hydrogen-bond acceptors (Lipinski definition) is 10. The smallest absolute Gasteiger partial charge is 0.442 e. The highest BCUT2D eigenvalue weighted by molar-refractivity contribution is 7.99. The molecule has 4 aliphatic carbocycles. The summed E-state index contributed by atoms with van der Waals surface area (Å²) in [6, 6.07) is 4.88. The molecule has 9 nitrogen and oxygen atoms in total. The molecule has 1 saturated heterocycles. The third-order valence-electron chi connectivity index (χ3n) is 14.4. The number of carbonyl (C=O) groups is 3. The number of aliphatic hydroxyl groups excluding tert-OH is 1. The van der Waals surface area contributed by atoms with Crippen molar-refractivity contribution < 1.29 is 42.1 Å². The molecule has 5 fully saturated rings. The van der Waals surface area contributed by atoms with Crippen LogP contribution in [0.25, 0.3) is 0 Å². The maximum Gasteiger partial charge on any atom is 0.442 e. The minimum absolute atomic E-state index is 0.0291. The SMILES string of the molecule is CC1C[C@]23CC4(CCC2=O)C3[C@]1(C)[C@H](OC(=O)CSCC1CCN(C)CC1)CC(C)(COC(=O)c1ccc(C2(C(F)(F)F)N=N2)cc1)C(O)[C@@H]4C. The first-order chi connectivity index (χ1) is 23.9. The number of ketones is 1. The standard InChI is InChI=1S/C38H50F3N3O6S/c1-22-16-36-20-35(13-10-27(36)45)23(2)30(47)33(3,21-49-31(48)25-6-8-26(9-7-25)37(42-43-37)38(39,40)41)17-28(34(22,4)32(35)36)50-29(46)19-51-18-24-11-14-44(5)15-12-24/h6-9,22-24,28,30,32,47H,10-21H2,1-5H3/t22?,23-,28+,30?,32?,33?,34-,35?,36-/m0/s1. The summed E-state index contributed by atoms with van der Waals surface area (Å²) in [6.07, 6.45) is -1.26. The third-order valence-corrected chi connectivity index (χ3v) is 15.5. The summed E-state index contributed by atoms with van der Waals surface area (Å²) in [5.74, 6) is 0.722. The van der Waals surface area contributed by atoms with Crippen LogP contribution in [0.15, 0.2) is 34.5 Å². The largest absolute Gasteiger partial charge is 0.461 e. The Hall–Kier alpha value is -2.51. The van der Waals surface area contributed by atoms with Crippen LogP contribution in [0.1, 0.15) is 88.6 Å². The molecule has 0 aromatic heterocycles. The number of nitrogens with zero attached hydrogens (tertiary/aromatic N) is 3. The van der Waals surface area contributed by atoms with Gasteiger partial charge in [0.2, 0.25) is 0 Å². The first-order valence-corrected chi connectivity index (χ1v) is 19.5. The molecule has 6 aliphatic rings. The topological polar surface area (TPSA) is 118 Å². The number of benzene rings is 1. The molecular weight excluding hydrogens is 683 g/mol. The molecule has 2 heterocycles. The van der Waals surface area contributed by atoms with Gasteiger partial charge < -0.3 is 19.5 Å². The lowest BCUT2D eigenvalue weighted by molar-refractivity contribution is -0.264. The Balaban J connectivity index is 1.12. The lowest BCUT2D eigenvalue weighted by atomic mass is 9.32. The van der Waals surface area contributed by atoms with Crippen LogP contribution in [-0.2, 0) is 24.7 Å². The predicted octanol–water partition coefficient (Wildman–Crippen LogP) is 6.82. The van der Waals surface area contributed by atoms with Gasteiger partial charge in [-0.05, 0) is 106 Å². The van der Waals surface area contributed by atoms with Crippen LogP contribution in [0, 0.1) is 45.3 Å². The lowest BCUT2D eigenvalue weighted by Gasteiger charge is -2.71. The van der Waals surface area contributed by atoms with E-state index in [0.717, 1.165) is 38.1 Å². The second-order valence-corrected chi connectivity index (χ2v) is 18.3. The molecule has 1 aromatic carbocycles. The number of thioether (sulfide) groups is 1. The fraction of sp³-hybridized carbons (Fsp3) is 0.763. The second-order valence-electron chi connectivity index (χ2n) is 17.2. The Labute approximate surface area is 301 Å². The predicted molar refractivity (Wildman–Crippen MR) is 184 cm³/mol. The van der Waals surface area contributed by atoms with Crippen molar-refractivity contribution in [3.05, 3.63) is 35.4 Å². The van der Waals surface area contributed by atoms with Crippen molar-refractivity contribution in [2.75, 3.05) is 38.2 Å². The van der Waals surface area contributed by atoms with Gasteiger partial charge in [-0.1, -0.05) is 39.8 Å². The Morgan fingerprint density at radius 3 is 2.37 bits per heavy atom. The summed E-state index contributed by atoms with van der Waals surface area (Å²) in [4.78, 5) is 43.0. The van der Waals surface area contributed by atoms with Gasteiger partial charge in [-0.2, -0.15) is 13.2 Å². The minimum atomic E-state index is -4.68. The van der Waals surface area contributed by atoms with Crippen LogP contribution in [0.2, 0.25) is 0 Å². The van der Waals surface area contributed by atoms with E-state index in [1.807, 2.05) is 13.8 Å². The molecule has 2 aliphatic heterocycles. The Bertz CT molecular complexity index is 1590. The van der Waals surface area contributed by atoms with Gasteiger partial charge in [0.05, 0.1) is 24.0 Å². The number of hydrogen-bond donors (Lipinski definition) is 1. The van der Waals surface area contributed by atoms with Gasteiger partial charge in [0, 0.05) is 28.2 Å². The number of Topliss-reactive ketones (excluding diaryl/α,β-unsaturated/α-hetero) is 1. The second kappa shape index (κ2) is 12.5. The summed E-state index contributed by atoms with van der Waals surface area (Å²) < 4.78 is 52.9. The van der Waals surface area contributed by atoms with Crippen LogP contribution in [0.4, 0.5) is 13.2 Å². The molecular formula is C38H50F3N3O6S. The molecule has 5 unspecified atom stereocenters. The van der Waals surface area contributed by atoms with Gasteiger partial charge in [-0.3, -0.25) is 9.59 Å². The molecule has 0 radical (unpaired) electrons. The van der Waals surface area contributed by atoms with Crippen molar-refractivity contribution in [3.63, 3.8) is 0 Å². The average molecular weight is 734 g/mol. The van der Waals surface area contributed by atoms with Crippen molar-refractivity contribution >= 4 is 29.5 Å². The number of esters is 2. The van der Waals surface area contributed by atoms with E-state index in [4.69, 9.17) is 9.47 Å². The van der Waals surface area contributed by atoms with E-state index in [9.17, 15) is 32.7 Å². The van der Waals surface area contributed by atoms with Crippen LogP contribution >= 0.6 is 11.8 Å². The fourth-order valence-electron chi connectivity index (χ4n) is 11.3. The van der Waals surface area contributed by atoms with E-state index in [-0.39, 0.29) is 59.0 Å². The van der Waals surface area contributed by atoms with E-state index >= 15 is 0 Å². The number of alkyl halides is 3. The number of carbonyl (C=O) groups excluding carboxylic acids is 3. The van der Waals surface area contributed by atoms with Crippen molar-refractivity contribution in [3.8, 4) is 0 Å². The molecule has 1 aromatic rings. The Morgan fingerprint density at radius 1 is 1.08 bits per heavy atom. The number of aliphatic hydroxyl groups is 1. The molecule has 0 amide bonds. The zero-order chi connectivity index (χ0) is 36.8. The van der Waals surface area contributed by atoms with Gasteiger partial charge in [0.1, 0.15) is 11.9 Å². The molecule has 13 heteroatoms. The highest BCUT2D eigenvalue weighted by Crippen LogP contribution is 2.82. The third kappa shape index (κ3) is 5.68. The molecule has 7 rings (SSSR count). The fourth-order valence-corrected chi connectivity index (χ4v) is 12.4. The van der Waals surface area contributed by atoms with E-state index < -0.39 is 46.3 Å². The normalized spacial score (nSPS) is 40.1. The summed E-state index contributed by atoms with van der Waals surface area (Å²) in [7, 11) is 2.13. The maximum absolute atomic E-state index is 13.7. The van der Waals surface area contributed by atoms with Gasteiger partial charge in [0.15, 0.2) is 0 Å². The zero-order valence-corrected chi connectivity index (χ0v) is 30.9. The summed E-state index contributed by atoms with van der Waals surface area (Å²) >= 11 is 1.60. The van der Waals surface area contributed by atoms with Crippen molar-refractivity contribution in [2.45, 2.75) is 96.7 Å². The monoisotopic (exact) mass is 733 g/mol. The zero-order valence-electron chi connectivity index (χ0n) is 30.1. The highest BCUT2D eigenvalue weighted by Gasteiger charge is 2.81. The van der Waals surface area contributed by atoms with Crippen LogP contribution in [-0.4, -0.2) is 84.4 Å². The number of piperidine rings is 1. The Kier molecular flexibility index (Phi) is 9.05. The number of ether oxygens (including phenoxy) is 2. The van der Waals surface area contributed by atoms with Crippen LogP contribution < -0.4 is 0 Å². The molecule has 4 saturated carbocycles. The minimum Gasteiger partial charge on any atom is -0.461 e. The van der Waals surface area contributed by atoms with E-state index in [0.29, 0.717) is 31.0 Å². The van der Waals surface area contributed by atoms with E-state index in [1.165, 1.54) is 24.3 Å². The van der Waals surface area contributed by atoms with E-state index in [1.54, 1.807) is 11.8 Å².